The van der Waals surface area contributed by atoms with Crippen LogP contribution in [0.25, 0.3) is 0 Å². The highest BCUT2D eigenvalue weighted by Crippen LogP contribution is 1.82. The molecule has 0 saturated carbocycles. The van der Waals surface area contributed by atoms with Gasteiger partial charge in [0.25, 0.3) is 0 Å². The van der Waals surface area contributed by atoms with Crippen LogP contribution in [0.2, 0.25) is 0 Å². The van der Waals surface area contributed by atoms with Gasteiger partial charge in [0.2, 0.25) is 12.7 Å². The molecule has 0 amide bonds. The van der Waals surface area contributed by atoms with Crippen LogP contribution in [0.15, 0.2) is 37.4 Å². The van der Waals surface area contributed by atoms with Crippen molar-refractivity contribution in [3.8, 4) is 0 Å². The van der Waals surface area contributed by atoms with E-state index in [9.17, 15) is 0 Å². The minimum Gasteiger partial charge on any atom is -0.759 e. The van der Waals surface area contributed by atoms with Gasteiger partial charge in [0.1, 0.15) is 24.8 Å². The summed E-state index contributed by atoms with van der Waals surface area (Å²) in [7, 11) is -5.17. The van der Waals surface area contributed by atoms with Crippen molar-refractivity contribution in [1.29, 1.82) is 0 Å². The molecule has 0 aliphatic rings. The number of hydrogen-bond acceptors (Lipinski definition) is 4. The summed E-state index contributed by atoms with van der Waals surface area (Å²) in [4.78, 5) is 0. The largest absolute Gasteiger partial charge is 0.759 e. The molecule has 0 aliphatic heterocycles. The first-order chi connectivity index (χ1) is 10.7. The first-order valence-corrected chi connectivity index (χ1v) is 8.83. The van der Waals surface area contributed by atoms with Crippen molar-refractivity contribution in [2.24, 2.45) is 0 Å². The third-order valence-corrected chi connectivity index (χ3v) is 2.95. The third-order valence-electron chi connectivity index (χ3n) is 2.95. The third kappa shape index (κ3) is 11.5. The van der Waals surface area contributed by atoms with E-state index in [1.165, 1.54) is 0 Å². The SMILES string of the molecule is CCn1cc[n+](CC)c1.CCn1cc[n+](CC)c1.O=S(=O)([O-])[O-]. The molecule has 132 valence electrons. The van der Waals surface area contributed by atoms with Crippen LogP contribution in [0.5, 0.6) is 0 Å². The van der Waals surface area contributed by atoms with Crippen LogP contribution in [0.4, 0.5) is 0 Å². The smallest absolute Gasteiger partial charge is 0.243 e. The van der Waals surface area contributed by atoms with Gasteiger partial charge in [-0.25, -0.2) is 18.3 Å². The number of imidazole rings is 2. The standard InChI is InChI=1S/2C7H13N2.H2O4S/c2*1-3-8-5-6-9(4-2)7-8;1-5(2,3)4/h2*5-7H,3-4H2,1-2H3;(H2,1,2,3,4)/q2*+1;/p-2. The minimum absolute atomic E-state index is 1.06. The Morgan fingerprint density at radius 2 is 1.13 bits per heavy atom. The molecule has 0 saturated heterocycles. The van der Waals surface area contributed by atoms with E-state index >= 15 is 0 Å². The number of aryl methyl sites for hydroxylation is 4. The van der Waals surface area contributed by atoms with E-state index in [0.29, 0.717) is 0 Å². The van der Waals surface area contributed by atoms with E-state index in [1.807, 2.05) is 0 Å². The van der Waals surface area contributed by atoms with Gasteiger partial charge >= 0.3 is 0 Å². The first kappa shape index (κ1) is 21.3. The van der Waals surface area contributed by atoms with Crippen LogP contribution in [-0.4, -0.2) is 26.7 Å². The topological polar surface area (TPSA) is 97.9 Å². The van der Waals surface area contributed by atoms with Crippen molar-refractivity contribution < 1.29 is 26.7 Å². The van der Waals surface area contributed by atoms with Gasteiger partial charge in [-0.2, -0.15) is 0 Å². The van der Waals surface area contributed by atoms with E-state index in [1.54, 1.807) is 0 Å². The van der Waals surface area contributed by atoms with Gasteiger partial charge in [0, 0.05) is 10.4 Å². The van der Waals surface area contributed by atoms with Gasteiger partial charge in [-0.3, -0.25) is 8.42 Å². The summed E-state index contributed by atoms with van der Waals surface area (Å²) in [6.45, 7) is 12.8. The average Bonchev–Trinajstić information content (AvgIpc) is 3.14. The highest BCUT2D eigenvalue weighted by atomic mass is 32.3. The maximum atomic E-state index is 8.52. The summed E-state index contributed by atoms with van der Waals surface area (Å²) in [5.41, 5.74) is 0. The van der Waals surface area contributed by atoms with E-state index in [2.05, 4.69) is 83.4 Å². The predicted octanol–water partition coefficient (Wildman–Crippen LogP) is 0.293. The molecule has 2 rings (SSSR count). The molecule has 2 aromatic rings. The van der Waals surface area contributed by atoms with Crippen molar-refractivity contribution in [2.75, 3.05) is 0 Å². The molecule has 8 nitrogen and oxygen atoms in total. The van der Waals surface area contributed by atoms with E-state index in [4.69, 9.17) is 17.5 Å². The Labute approximate surface area is 138 Å². The lowest BCUT2D eigenvalue weighted by molar-refractivity contribution is -0.693. The summed E-state index contributed by atoms with van der Waals surface area (Å²) in [6.07, 6.45) is 12.6. The van der Waals surface area contributed by atoms with E-state index in [-0.39, 0.29) is 0 Å². The quantitative estimate of drug-likeness (QED) is 0.451. The Balaban J connectivity index is 0.000000332. The first-order valence-electron chi connectivity index (χ1n) is 7.49. The maximum absolute atomic E-state index is 8.52. The van der Waals surface area contributed by atoms with Crippen molar-refractivity contribution in [3.05, 3.63) is 37.4 Å². The number of hydrogen-bond donors (Lipinski definition) is 0. The molecular formula is C14H26N4O4S. The molecule has 23 heavy (non-hydrogen) atoms. The fraction of sp³-hybridized carbons (Fsp3) is 0.571. The van der Waals surface area contributed by atoms with Crippen molar-refractivity contribution in [3.63, 3.8) is 0 Å². The van der Waals surface area contributed by atoms with Crippen LogP contribution in [-0.2, 0) is 36.6 Å². The molecule has 0 radical (unpaired) electrons. The number of rotatable bonds is 4. The molecule has 0 fully saturated rings. The zero-order chi connectivity index (χ0) is 17.9. The maximum Gasteiger partial charge on any atom is 0.243 e. The van der Waals surface area contributed by atoms with Crippen LogP contribution < -0.4 is 9.13 Å². The summed E-state index contributed by atoms with van der Waals surface area (Å²) in [5, 5.41) is 0. The van der Waals surface area contributed by atoms with Gasteiger partial charge < -0.3 is 9.11 Å². The molecule has 0 N–H and O–H groups in total. The summed E-state index contributed by atoms with van der Waals surface area (Å²) in [5.74, 6) is 0. The van der Waals surface area contributed by atoms with Crippen molar-refractivity contribution in [1.82, 2.24) is 9.13 Å². The highest BCUT2D eigenvalue weighted by molar-refractivity contribution is 7.79. The fourth-order valence-corrected chi connectivity index (χ4v) is 1.63. The molecule has 0 bridgehead atoms. The highest BCUT2D eigenvalue weighted by Gasteiger charge is 1.96. The Bertz CT molecular complexity index is 562. The molecule has 0 spiro atoms. The Hall–Kier alpha value is -1.71. The summed E-state index contributed by atoms with van der Waals surface area (Å²) in [6, 6.07) is 0. The summed E-state index contributed by atoms with van der Waals surface area (Å²) >= 11 is 0. The minimum atomic E-state index is -5.17. The lowest BCUT2D eigenvalue weighted by Gasteiger charge is -2.06. The molecule has 0 aromatic carbocycles. The van der Waals surface area contributed by atoms with E-state index in [0.717, 1.165) is 26.2 Å². The molecular weight excluding hydrogens is 320 g/mol. The molecule has 2 aromatic heterocycles. The van der Waals surface area contributed by atoms with Crippen LogP contribution >= 0.6 is 0 Å². The second-order valence-electron chi connectivity index (χ2n) is 4.56. The monoisotopic (exact) mass is 346 g/mol. The lowest BCUT2D eigenvalue weighted by atomic mass is 10.7. The van der Waals surface area contributed by atoms with Gasteiger partial charge in [0.15, 0.2) is 0 Å². The van der Waals surface area contributed by atoms with Crippen LogP contribution in [0, 0.1) is 0 Å². The van der Waals surface area contributed by atoms with Gasteiger partial charge in [0.05, 0.1) is 26.2 Å². The molecule has 0 atom stereocenters. The van der Waals surface area contributed by atoms with Crippen molar-refractivity contribution in [2.45, 2.75) is 53.9 Å². The zero-order valence-electron chi connectivity index (χ0n) is 14.1. The fourth-order valence-electron chi connectivity index (χ4n) is 1.63. The lowest BCUT2D eigenvalue weighted by Crippen LogP contribution is -2.28. The normalized spacial score (nSPS) is 10.3. The van der Waals surface area contributed by atoms with E-state index < -0.39 is 10.4 Å². The van der Waals surface area contributed by atoms with Crippen LogP contribution in [0.3, 0.4) is 0 Å². The number of aromatic nitrogens is 4. The Morgan fingerprint density at radius 3 is 1.26 bits per heavy atom. The summed E-state index contributed by atoms with van der Waals surface area (Å²) < 4.78 is 42.7. The molecule has 2 heterocycles. The Kier molecular flexibility index (Phi) is 10.1. The number of nitrogens with zero attached hydrogens (tertiary/aromatic N) is 4. The average molecular weight is 346 g/mol. The predicted molar refractivity (Wildman–Crippen MR) is 82.4 cm³/mol. The molecule has 0 aliphatic carbocycles. The van der Waals surface area contributed by atoms with Crippen LogP contribution in [0.1, 0.15) is 27.7 Å². The molecule has 0 unspecified atom stereocenters. The van der Waals surface area contributed by atoms with Gasteiger partial charge in [-0.05, 0) is 27.7 Å². The second-order valence-corrected chi connectivity index (χ2v) is 5.37. The van der Waals surface area contributed by atoms with Gasteiger partial charge in [-0.15, -0.1) is 0 Å². The Morgan fingerprint density at radius 1 is 0.826 bits per heavy atom. The molecule has 9 heteroatoms. The second kappa shape index (κ2) is 10.9. The van der Waals surface area contributed by atoms with Crippen molar-refractivity contribution >= 4 is 10.4 Å². The zero-order valence-corrected chi connectivity index (χ0v) is 14.9. The van der Waals surface area contributed by atoms with Gasteiger partial charge in [-0.1, -0.05) is 0 Å².